The summed E-state index contributed by atoms with van der Waals surface area (Å²) in [6.07, 6.45) is 2.14. The molecular formula is C22H28O6. The third-order valence-corrected chi connectivity index (χ3v) is 4.23. The maximum absolute atomic E-state index is 10.6. The first-order chi connectivity index (χ1) is 13.8. The Labute approximate surface area is 166 Å². The van der Waals surface area contributed by atoms with Gasteiger partial charge in [-0.25, -0.2) is 0 Å². The molecule has 6 heteroatoms. The molecule has 2 aromatic rings. The fourth-order valence-electron chi connectivity index (χ4n) is 3.10. The lowest BCUT2D eigenvalue weighted by Crippen LogP contribution is -2.10. The first-order valence-corrected chi connectivity index (χ1v) is 9.25. The Hall–Kier alpha value is -2.41. The lowest BCUT2D eigenvalue weighted by atomic mass is 9.90. The molecule has 0 heterocycles. The summed E-state index contributed by atoms with van der Waals surface area (Å²) >= 11 is 0. The Balaban J connectivity index is 2.59. The van der Waals surface area contributed by atoms with Crippen molar-refractivity contribution < 1.29 is 28.5 Å². The summed E-state index contributed by atoms with van der Waals surface area (Å²) in [5.41, 5.74) is 4.15. The summed E-state index contributed by atoms with van der Waals surface area (Å²) in [5.74, 6) is 1.38. The highest BCUT2D eigenvalue weighted by molar-refractivity contribution is 5.77. The molecule has 0 unspecified atom stereocenters. The molecule has 2 aromatic carbocycles. The van der Waals surface area contributed by atoms with Crippen LogP contribution in [-0.4, -0.2) is 47.3 Å². The molecule has 0 aliphatic heterocycles. The lowest BCUT2D eigenvalue weighted by molar-refractivity contribution is -0.111. The Kier molecular flexibility index (Phi) is 9.48. The van der Waals surface area contributed by atoms with Crippen LogP contribution in [0.15, 0.2) is 36.4 Å². The van der Waals surface area contributed by atoms with Crippen LogP contribution in [0.2, 0.25) is 0 Å². The fraction of sp³-hybridized carbons (Fsp3) is 0.409. The molecule has 0 amide bonds. The number of hydrogen-bond acceptors (Lipinski definition) is 6. The van der Waals surface area contributed by atoms with Crippen LogP contribution in [0, 0.1) is 0 Å². The summed E-state index contributed by atoms with van der Waals surface area (Å²) in [5, 5.41) is 0. The monoisotopic (exact) mass is 388 g/mol. The van der Waals surface area contributed by atoms with Crippen LogP contribution in [0.5, 0.6) is 11.5 Å². The van der Waals surface area contributed by atoms with Gasteiger partial charge in [-0.15, -0.1) is 0 Å². The molecule has 0 N–H and O–H groups in total. The number of hydrogen-bond donors (Lipinski definition) is 0. The maximum atomic E-state index is 10.6. The summed E-state index contributed by atoms with van der Waals surface area (Å²) < 4.78 is 27.3. The number of ether oxygens (including phenoxy) is 5. The number of carbonyl (C=O) groups excluding carboxylic acids is 1. The summed E-state index contributed by atoms with van der Waals surface area (Å²) in [6.45, 7) is 2.84. The zero-order valence-corrected chi connectivity index (χ0v) is 16.7. The van der Waals surface area contributed by atoms with Crippen LogP contribution >= 0.6 is 0 Å². The van der Waals surface area contributed by atoms with Gasteiger partial charge in [0.25, 0.3) is 0 Å². The average molecular weight is 388 g/mol. The van der Waals surface area contributed by atoms with E-state index in [1.54, 1.807) is 14.2 Å². The molecular weight excluding hydrogens is 360 g/mol. The Bertz CT molecular complexity index is 730. The molecule has 0 saturated heterocycles. The second-order valence-corrected chi connectivity index (χ2v) is 6.02. The van der Waals surface area contributed by atoms with Gasteiger partial charge in [0.05, 0.1) is 6.61 Å². The highest BCUT2D eigenvalue weighted by Crippen LogP contribution is 2.41. The minimum Gasteiger partial charge on any atom is -0.467 e. The quantitative estimate of drug-likeness (QED) is 0.297. The number of carbonyl (C=O) groups is 1. The standard InChI is InChI=1S/C22H28O6/c1-4-18-19(10-12-26-13-11-23)22(17-8-6-5-7-9-17)21(28-16-25-3)14-20(18)27-15-24-2/h5-9,11,14H,4,10,12-13,15-16H2,1-3H3. The highest BCUT2D eigenvalue weighted by atomic mass is 16.7. The van der Waals surface area contributed by atoms with E-state index in [1.165, 1.54) is 0 Å². The number of aldehydes is 1. The van der Waals surface area contributed by atoms with Crippen LogP contribution in [0.1, 0.15) is 18.1 Å². The highest BCUT2D eigenvalue weighted by Gasteiger charge is 2.20. The van der Waals surface area contributed by atoms with Crippen molar-refractivity contribution in [1.82, 2.24) is 0 Å². The third-order valence-electron chi connectivity index (χ3n) is 4.23. The van der Waals surface area contributed by atoms with E-state index in [2.05, 4.69) is 6.92 Å². The van der Waals surface area contributed by atoms with Crippen LogP contribution < -0.4 is 9.47 Å². The van der Waals surface area contributed by atoms with Crippen LogP contribution in [-0.2, 0) is 31.8 Å². The molecule has 6 nitrogen and oxygen atoms in total. The predicted octanol–water partition coefficient (Wildman–Crippen LogP) is 3.64. The lowest BCUT2D eigenvalue weighted by Gasteiger charge is -2.22. The molecule has 0 radical (unpaired) electrons. The summed E-state index contributed by atoms with van der Waals surface area (Å²) in [7, 11) is 3.17. The number of methoxy groups -OCH3 is 2. The SMILES string of the molecule is CCc1c(OCOC)cc(OCOC)c(-c2ccccc2)c1CCOCC=O. The first-order valence-electron chi connectivity index (χ1n) is 9.25. The maximum Gasteiger partial charge on any atom is 0.188 e. The van der Waals surface area contributed by atoms with Gasteiger partial charge in [-0.05, 0) is 29.5 Å². The minimum absolute atomic E-state index is 0.0784. The molecule has 0 spiro atoms. The van der Waals surface area contributed by atoms with E-state index in [9.17, 15) is 4.79 Å². The fourth-order valence-corrected chi connectivity index (χ4v) is 3.10. The Morgan fingerprint density at radius 3 is 2.21 bits per heavy atom. The van der Waals surface area contributed by atoms with Crippen molar-refractivity contribution in [1.29, 1.82) is 0 Å². The molecule has 28 heavy (non-hydrogen) atoms. The van der Waals surface area contributed by atoms with Crippen molar-refractivity contribution in [3.63, 3.8) is 0 Å². The van der Waals surface area contributed by atoms with Gasteiger partial charge in [0, 0.05) is 25.8 Å². The molecule has 0 aliphatic carbocycles. The first kappa shape index (κ1) is 21.9. The second kappa shape index (κ2) is 12.1. The number of rotatable bonds is 13. The van der Waals surface area contributed by atoms with E-state index in [4.69, 9.17) is 23.7 Å². The van der Waals surface area contributed by atoms with Gasteiger partial charge >= 0.3 is 0 Å². The van der Waals surface area contributed by atoms with Gasteiger partial charge in [-0.1, -0.05) is 37.3 Å². The molecule has 152 valence electrons. The topological polar surface area (TPSA) is 63.2 Å². The number of benzene rings is 2. The average Bonchev–Trinajstić information content (AvgIpc) is 2.73. The smallest absolute Gasteiger partial charge is 0.188 e. The van der Waals surface area contributed by atoms with Crippen LogP contribution in [0.4, 0.5) is 0 Å². The van der Waals surface area contributed by atoms with Gasteiger partial charge in [-0.3, -0.25) is 0 Å². The molecule has 2 rings (SSSR count). The molecule has 0 aliphatic rings. The van der Waals surface area contributed by atoms with Gasteiger partial charge in [0.1, 0.15) is 24.4 Å². The van der Waals surface area contributed by atoms with E-state index in [1.807, 2.05) is 36.4 Å². The third kappa shape index (κ3) is 5.79. The predicted molar refractivity (Wildman–Crippen MR) is 107 cm³/mol. The normalized spacial score (nSPS) is 10.7. The summed E-state index contributed by atoms with van der Waals surface area (Å²) in [6, 6.07) is 11.9. The van der Waals surface area contributed by atoms with Crippen molar-refractivity contribution in [3.05, 3.63) is 47.5 Å². The minimum atomic E-state index is 0.0784. The van der Waals surface area contributed by atoms with Crippen LogP contribution in [0.3, 0.4) is 0 Å². The summed E-state index contributed by atoms with van der Waals surface area (Å²) in [4.78, 5) is 10.6. The van der Waals surface area contributed by atoms with Crippen molar-refractivity contribution in [2.75, 3.05) is 41.0 Å². The second-order valence-electron chi connectivity index (χ2n) is 6.02. The van der Waals surface area contributed by atoms with E-state index < -0.39 is 0 Å². The molecule has 0 bridgehead atoms. The van der Waals surface area contributed by atoms with Crippen molar-refractivity contribution in [2.24, 2.45) is 0 Å². The van der Waals surface area contributed by atoms with E-state index in [-0.39, 0.29) is 20.2 Å². The van der Waals surface area contributed by atoms with Gasteiger partial charge in [0.15, 0.2) is 13.6 Å². The van der Waals surface area contributed by atoms with Gasteiger partial charge < -0.3 is 28.5 Å². The van der Waals surface area contributed by atoms with Crippen molar-refractivity contribution in [3.8, 4) is 22.6 Å². The van der Waals surface area contributed by atoms with Crippen LogP contribution in [0.25, 0.3) is 11.1 Å². The molecule has 0 atom stereocenters. The molecule has 0 saturated carbocycles. The van der Waals surface area contributed by atoms with Gasteiger partial charge in [0.2, 0.25) is 0 Å². The zero-order valence-electron chi connectivity index (χ0n) is 16.7. The Morgan fingerprint density at radius 2 is 1.61 bits per heavy atom. The van der Waals surface area contributed by atoms with Crippen molar-refractivity contribution in [2.45, 2.75) is 19.8 Å². The zero-order chi connectivity index (χ0) is 20.2. The van der Waals surface area contributed by atoms with E-state index in [0.717, 1.165) is 35.0 Å². The van der Waals surface area contributed by atoms with Gasteiger partial charge in [-0.2, -0.15) is 0 Å². The largest absolute Gasteiger partial charge is 0.467 e. The molecule has 0 aromatic heterocycles. The van der Waals surface area contributed by atoms with E-state index >= 15 is 0 Å². The Morgan fingerprint density at radius 1 is 0.929 bits per heavy atom. The molecule has 0 fully saturated rings. The van der Waals surface area contributed by atoms with E-state index in [0.29, 0.717) is 24.5 Å². The van der Waals surface area contributed by atoms with Crippen molar-refractivity contribution >= 4 is 6.29 Å².